The van der Waals surface area contributed by atoms with Crippen LogP contribution in [0.1, 0.15) is 34.2 Å². The zero-order valence-electron chi connectivity index (χ0n) is 36.5. The average molecular weight is 864 g/mol. The number of nitrogens with zero attached hydrogens (tertiary/aromatic N) is 1. The molecule has 0 spiro atoms. The minimum absolute atomic E-state index is 0.163. The summed E-state index contributed by atoms with van der Waals surface area (Å²) in [4.78, 5) is 2.32. The van der Waals surface area contributed by atoms with Crippen molar-refractivity contribution in [2.45, 2.75) is 19.3 Å². The van der Waals surface area contributed by atoms with Gasteiger partial charge in [0, 0.05) is 35.2 Å². The molecule has 7 aromatic carbocycles. The van der Waals surface area contributed by atoms with Crippen molar-refractivity contribution in [3.63, 3.8) is 0 Å². The maximum atomic E-state index is 6.29. The van der Waals surface area contributed by atoms with Crippen LogP contribution in [-0.2, 0) is 12.8 Å². The van der Waals surface area contributed by atoms with E-state index in [1.54, 1.807) is 0 Å². The largest absolute Gasteiger partial charge is 0.457 e. The molecule has 0 saturated carbocycles. The van der Waals surface area contributed by atoms with Crippen molar-refractivity contribution in [2.75, 3.05) is 32.7 Å². The van der Waals surface area contributed by atoms with Gasteiger partial charge in [0.05, 0.1) is 19.6 Å². The zero-order valence-corrected chi connectivity index (χ0v) is 37.3. The lowest BCUT2D eigenvalue weighted by atomic mass is 9.93. The van der Waals surface area contributed by atoms with Crippen LogP contribution in [0.3, 0.4) is 0 Å². The Hall–Kier alpha value is -7.29. The van der Waals surface area contributed by atoms with Crippen LogP contribution < -0.4 is 10.1 Å². The van der Waals surface area contributed by atoms with Gasteiger partial charge in [-0.15, -0.1) is 0 Å². The number of hydrogen-bond acceptors (Lipinski definition) is 3. The highest BCUT2D eigenvalue weighted by Crippen LogP contribution is 2.29. The number of hydrogen-bond donors (Lipinski definition) is 1. The van der Waals surface area contributed by atoms with Gasteiger partial charge in [0.2, 0.25) is 0 Å². The van der Waals surface area contributed by atoms with Gasteiger partial charge in [-0.25, -0.2) is 0 Å². The molecular formula is C61H51ClN2O. The molecule has 3 nitrogen and oxygen atoms in total. The Balaban J connectivity index is 0.790. The highest BCUT2D eigenvalue weighted by atomic mass is 35.5. The molecule has 1 atom stereocenters. The van der Waals surface area contributed by atoms with Gasteiger partial charge in [-0.05, 0) is 124 Å². The number of ether oxygens (including phenoxy) is 1. The first kappa shape index (κ1) is 44.3. The summed E-state index contributed by atoms with van der Waals surface area (Å²) < 4.78 is 6.29. The second-order valence-electron chi connectivity index (χ2n) is 16.0. The molecule has 7 aromatic rings. The molecule has 0 aliphatic heterocycles. The second kappa shape index (κ2) is 23.4. The Morgan fingerprint density at radius 1 is 0.554 bits per heavy atom. The van der Waals surface area contributed by atoms with E-state index in [0.717, 1.165) is 65.6 Å². The zero-order chi connectivity index (χ0) is 44.3. The van der Waals surface area contributed by atoms with Crippen LogP contribution in [-0.4, -0.2) is 37.6 Å². The molecule has 0 saturated heterocycles. The summed E-state index contributed by atoms with van der Waals surface area (Å²) in [6.07, 6.45) is 9.36. The van der Waals surface area contributed by atoms with Gasteiger partial charge >= 0.3 is 0 Å². The minimum Gasteiger partial charge on any atom is -0.457 e. The van der Waals surface area contributed by atoms with Crippen LogP contribution in [0.2, 0.25) is 5.02 Å². The van der Waals surface area contributed by atoms with E-state index in [9.17, 15) is 0 Å². The van der Waals surface area contributed by atoms with Gasteiger partial charge in [-0.3, -0.25) is 4.90 Å². The van der Waals surface area contributed by atoms with E-state index in [0.29, 0.717) is 19.6 Å². The van der Waals surface area contributed by atoms with E-state index < -0.39 is 0 Å². The standard InChI is InChI=1S/C61H51ClN2O/c62-59-36-26-52(27-37-59)41-46-64(44-9-12-49-22-32-56(33-23-49)54-16-5-2-6-17-54)45-10-13-50-24-34-57(35-25-50)58-18-7-19-61(47-58)65-60-38-28-51(29-39-60)40-43-63-42-8-11-48-20-30-55(31-21-48)53-14-3-1-4-15-53/h1-7,14-24,26-39,47,50,63H,25,40-46H2. The summed E-state index contributed by atoms with van der Waals surface area (Å²) in [5.41, 5.74) is 11.6. The fourth-order valence-electron chi connectivity index (χ4n) is 7.52. The molecule has 1 aliphatic rings. The third-order valence-electron chi connectivity index (χ3n) is 11.2. The van der Waals surface area contributed by atoms with Crippen LogP contribution in [0, 0.1) is 41.4 Å². The summed E-state index contributed by atoms with van der Waals surface area (Å²) in [6, 6.07) is 62.4. The third-order valence-corrected chi connectivity index (χ3v) is 11.5. The van der Waals surface area contributed by atoms with E-state index in [1.807, 2.05) is 42.5 Å². The van der Waals surface area contributed by atoms with Crippen molar-refractivity contribution < 1.29 is 4.74 Å². The molecule has 65 heavy (non-hydrogen) atoms. The predicted molar refractivity (Wildman–Crippen MR) is 272 cm³/mol. The average Bonchev–Trinajstić information content (AvgIpc) is 3.36. The van der Waals surface area contributed by atoms with E-state index in [1.165, 1.54) is 39.0 Å². The molecule has 4 heteroatoms. The van der Waals surface area contributed by atoms with Crippen molar-refractivity contribution in [1.82, 2.24) is 10.2 Å². The van der Waals surface area contributed by atoms with Crippen molar-refractivity contribution in [3.05, 3.63) is 233 Å². The molecule has 0 fully saturated rings. The summed E-state index contributed by atoms with van der Waals surface area (Å²) in [5.74, 6) is 22.1. The van der Waals surface area contributed by atoms with Crippen LogP contribution >= 0.6 is 11.6 Å². The fourth-order valence-corrected chi connectivity index (χ4v) is 7.64. The molecule has 0 aromatic heterocycles. The Kier molecular flexibility index (Phi) is 16.0. The number of allylic oxidation sites excluding steroid dienone is 4. The highest BCUT2D eigenvalue weighted by Gasteiger charge is 2.10. The molecule has 8 rings (SSSR count). The van der Waals surface area contributed by atoms with Crippen molar-refractivity contribution in [2.24, 2.45) is 5.92 Å². The first-order chi connectivity index (χ1) is 32.1. The lowest BCUT2D eigenvalue weighted by molar-refractivity contribution is 0.349. The number of rotatable bonds is 14. The van der Waals surface area contributed by atoms with Crippen molar-refractivity contribution >= 4 is 17.2 Å². The molecule has 318 valence electrons. The normalized spacial score (nSPS) is 12.8. The van der Waals surface area contributed by atoms with Crippen LogP contribution in [0.5, 0.6) is 11.5 Å². The van der Waals surface area contributed by atoms with Gasteiger partial charge in [0.25, 0.3) is 0 Å². The lowest BCUT2D eigenvalue weighted by Crippen LogP contribution is -2.27. The van der Waals surface area contributed by atoms with Gasteiger partial charge < -0.3 is 10.1 Å². The van der Waals surface area contributed by atoms with E-state index in [2.05, 4.69) is 203 Å². The summed E-state index contributed by atoms with van der Waals surface area (Å²) in [7, 11) is 0. The smallest absolute Gasteiger partial charge is 0.128 e. The first-order valence-corrected chi connectivity index (χ1v) is 22.7. The van der Waals surface area contributed by atoms with E-state index in [4.69, 9.17) is 16.3 Å². The van der Waals surface area contributed by atoms with Crippen molar-refractivity contribution in [1.29, 1.82) is 0 Å². The van der Waals surface area contributed by atoms with Gasteiger partial charge in [-0.2, -0.15) is 0 Å². The second-order valence-corrected chi connectivity index (χ2v) is 16.4. The molecular weight excluding hydrogens is 812 g/mol. The van der Waals surface area contributed by atoms with Crippen LogP contribution in [0.25, 0.3) is 27.8 Å². The summed E-state index contributed by atoms with van der Waals surface area (Å²) in [5, 5.41) is 4.20. The topological polar surface area (TPSA) is 24.5 Å². The molecule has 1 unspecified atom stereocenters. The monoisotopic (exact) mass is 862 g/mol. The summed E-state index contributed by atoms with van der Waals surface area (Å²) in [6.45, 7) is 3.63. The number of halogens is 1. The Labute approximate surface area is 390 Å². The van der Waals surface area contributed by atoms with Crippen LogP contribution in [0.4, 0.5) is 0 Å². The van der Waals surface area contributed by atoms with Crippen LogP contribution in [0.15, 0.2) is 200 Å². The molecule has 0 radical (unpaired) electrons. The fraction of sp³-hybridized carbons (Fsp3) is 0.148. The third kappa shape index (κ3) is 13.8. The SMILES string of the molecule is Clc1ccc(CCN(CC#Cc2ccc(-c3ccccc3)cc2)CC#CC2C=CC(c3cccc(Oc4ccc(CCNCC#Cc5ccc(-c6ccccc6)cc5)cc4)c3)=CC2)cc1. The molecule has 1 N–H and O–H groups in total. The van der Waals surface area contributed by atoms with E-state index in [-0.39, 0.29) is 5.92 Å². The number of benzene rings is 7. The first-order valence-electron chi connectivity index (χ1n) is 22.3. The van der Waals surface area contributed by atoms with Gasteiger partial charge in [0.1, 0.15) is 11.5 Å². The van der Waals surface area contributed by atoms with Gasteiger partial charge in [0.15, 0.2) is 0 Å². The molecule has 0 amide bonds. The lowest BCUT2D eigenvalue weighted by Gasteiger charge is -2.17. The van der Waals surface area contributed by atoms with Gasteiger partial charge in [-0.1, -0.05) is 187 Å². The quantitative estimate of drug-likeness (QED) is 0.0871. The molecule has 0 heterocycles. The maximum absolute atomic E-state index is 6.29. The molecule has 0 bridgehead atoms. The van der Waals surface area contributed by atoms with Crippen molar-refractivity contribution in [3.8, 4) is 69.3 Å². The van der Waals surface area contributed by atoms with E-state index >= 15 is 0 Å². The minimum atomic E-state index is 0.163. The predicted octanol–water partition coefficient (Wildman–Crippen LogP) is 13.2. The Bertz CT molecular complexity index is 2870. The summed E-state index contributed by atoms with van der Waals surface area (Å²) >= 11 is 6.15. The Morgan fingerprint density at radius 2 is 1.14 bits per heavy atom. The number of nitrogens with one attached hydrogen (secondary N) is 1. The Morgan fingerprint density at radius 3 is 1.78 bits per heavy atom. The molecule has 1 aliphatic carbocycles. The maximum Gasteiger partial charge on any atom is 0.128 e. The highest BCUT2D eigenvalue weighted by molar-refractivity contribution is 6.30.